The molecule has 3 rings (SSSR count). The van der Waals surface area contributed by atoms with Gasteiger partial charge in [-0.1, -0.05) is 0 Å². The largest absolute Gasteiger partial charge is 0.497 e. The number of carbonyl (C=O) groups excluding carboxylic acids is 1. The van der Waals surface area contributed by atoms with Crippen LogP contribution in [0.15, 0.2) is 64.0 Å². The highest BCUT2D eigenvalue weighted by Gasteiger charge is 2.06. The Morgan fingerprint density at radius 1 is 1.19 bits per heavy atom. The molecule has 27 heavy (non-hydrogen) atoms. The molecule has 2 heterocycles. The lowest BCUT2D eigenvalue weighted by Crippen LogP contribution is -2.31. The summed E-state index contributed by atoms with van der Waals surface area (Å²) in [5.74, 6) is 1.32. The minimum Gasteiger partial charge on any atom is -0.497 e. The highest BCUT2D eigenvalue weighted by Crippen LogP contribution is 2.15. The average Bonchev–Trinajstić information content (AvgIpc) is 3.22. The van der Waals surface area contributed by atoms with Crippen LogP contribution in [0.3, 0.4) is 0 Å². The molecule has 140 valence electrons. The third kappa shape index (κ3) is 4.97. The van der Waals surface area contributed by atoms with Gasteiger partial charge in [-0.2, -0.15) is 5.10 Å². The molecule has 0 atom stereocenters. The number of benzene rings is 1. The minimum atomic E-state index is -0.315. The van der Waals surface area contributed by atoms with Crippen LogP contribution in [-0.4, -0.2) is 29.5 Å². The van der Waals surface area contributed by atoms with Gasteiger partial charge in [0.25, 0.3) is 5.56 Å². The van der Waals surface area contributed by atoms with E-state index >= 15 is 0 Å². The van der Waals surface area contributed by atoms with E-state index in [4.69, 9.17) is 9.15 Å². The van der Waals surface area contributed by atoms with Crippen molar-refractivity contribution < 1.29 is 13.9 Å². The quantitative estimate of drug-likeness (QED) is 0.625. The molecule has 3 aromatic rings. The van der Waals surface area contributed by atoms with Crippen molar-refractivity contribution in [3.63, 3.8) is 0 Å². The van der Waals surface area contributed by atoms with Crippen LogP contribution in [-0.2, 0) is 6.54 Å². The molecule has 0 spiro atoms. The number of carbonyl (C=O) groups is 1. The number of aromatic nitrogens is 2. The molecule has 2 N–H and O–H groups in total. The van der Waals surface area contributed by atoms with E-state index in [0.29, 0.717) is 36.7 Å². The molecule has 2 amide bonds. The number of nitrogens with zero attached hydrogens (tertiary/aromatic N) is 2. The molecule has 1 aromatic carbocycles. The number of ether oxygens (including phenoxy) is 1. The number of urea groups is 1. The molecule has 0 radical (unpaired) electrons. The first-order valence-corrected chi connectivity index (χ1v) is 8.46. The van der Waals surface area contributed by atoms with E-state index in [2.05, 4.69) is 15.7 Å². The van der Waals surface area contributed by atoms with E-state index in [1.54, 1.807) is 55.8 Å². The summed E-state index contributed by atoms with van der Waals surface area (Å²) >= 11 is 0. The van der Waals surface area contributed by atoms with Crippen LogP contribution >= 0.6 is 0 Å². The predicted octanol–water partition coefficient (Wildman–Crippen LogP) is 2.72. The van der Waals surface area contributed by atoms with E-state index in [1.165, 1.54) is 10.7 Å². The Hall–Kier alpha value is -3.55. The molecule has 0 aliphatic carbocycles. The Morgan fingerprint density at radius 2 is 2.00 bits per heavy atom. The first kappa shape index (κ1) is 18.2. The lowest BCUT2D eigenvalue weighted by molar-refractivity contribution is 0.251. The van der Waals surface area contributed by atoms with Gasteiger partial charge in [0.15, 0.2) is 5.76 Å². The summed E-state index contributed by atoms with van der Waals surface area (Å²) in [5.41, 5.74) is 1.05. The zero-order chi connectivity index (χ0) is 19.1. The second-order valence-corrected chi connectivity index (χ2v) is 5.72. The third-order valence-electron chi connectivity index (χ3n) is 3.82. The molecule has 0 bridgehead atoms. The van der Waals surface area contributed by atoms with Crippen LogP contribution in [0.5, 0.6) is 5.75 Å². The summed E-state index contributed by atoms with van der Waals surface area (Å²) in [6, 6.07) is 13.3. The standard InChI is InChI=1S/C19H20N4O4/c1-26-15-7-5-14(6-8-15)21-19(25)20-11-3-12-23-18(24)10-9-16(22-23)17-4-2-13-27-17/h2,4-10,13H,3,11-12H2,1H3,(H2,20,21,25). The topological polar surface area (TPSA) is 98.4 Å². The van der Waals surface area contributed by atoms with Crippen LogP contribution < -0.4 is 20.9 Å². The SMILES string of the molecule is COc1ccc(NC(=O)NCCCn2nc(-c3ccco3)ccc2=O)cc1. The van der Waals surface area contributed by atoms with Gasteiger partial charge < -0.3 is 19.8 Å². The van der Waals surface area contributed by atoms with E-state index in [0.717, 1.165) is 5.75 Å². The van der Waals surface area contributed by atoms with Crippen molar-refractivity contribution in [2.45, 2.75) is 13.0 Å². The molecule has 0 unspecified atom stereocenters. The van der Waals surface area contributed by atoms with Gasteiger partial charge in [-0.25, -0.2) is 9.48 Å². The molecular weight excluding hydrogens is 348 g/mol. The number of anilines is 1. The summed E-state index contributed by atoms with van der Waals surface area (Å²) in [5, 5.41) is 9.76. The highest BCUT2D eigenvalue weighted by molar-refractivity contribution is 5.89. The lowest BCUT2D eigenvalue weighted by Gasteiger charge is -2.09. The first-order valence-electron chi connectivity index (χ1n) is 8.46. The lowest BCUT2D eigenvalue weighted by atomic mass is 10.3. The number of aryl methyl sites for hydroxylation is 1. The minimum absolute atomic E-state index is 0.201. The molecule has 0 aliphatic rings. The fourth-order valence-electron chi connectivity index (χ4n) is 2.45. The van der Waals surface area contributed by atoms with E-state index in [-0.39, 0.29) is 11.6 Å². The summed E-state index contributed by atoms with van der Waals surface area (Å²) in [6.45, 7) is 0.789. The Bertz CT molecular complexity index is 933. The van der Waals surface area contributed by atoms with E-state index in [9.17, 15) is 9.59 Å². The number of rotatable bonds is 7. The van der Waals surface area contributed by atoms with Crippen molar-refractivity contribution in [3.8, 4) is 17.2 Å². The summed E-state index contributed by atoms with van der Waals surface area (Å²) in [6.07, 6.45) is 2.11. The van der Waals surface area contributed by atoms with Gasteiger partial charge >= 0.3 is 6.03 Å². The van der Waals surface area contributed by atoms with Crippen LogP contribution in [0, 0.1) is 0 Å². The number of nitrogens with one attached hydrogen (secondary N) is 2. The summed E-state index contributed by atoms with van der Waals surface area (Å²) < 4.78 is 11.7. The first-order chi connectivity index (χ1) is 13.2. The fourth-order valence-corrected chi connectivity index (χ4v) is 2.45. The van der Waals surface area contributed by atoms with Crippen LogP contribution in [0.4, 0.5) is 10.5 Å². The van der Waals surface area contributed by atoms with Crippen molar-refractivity contribution in [2.75, 3.05) is 19.0 Å². The van der Waals surface area contributed by atoms with Gasteiger partial charge in [-0.05, 0) is 48.9 Å². The molecule has 0 saturated heterocycles. The van der Waals surface area contributed by atoms with Crippen LogP contribution in [0.2, 0.25) is 0 Å². The maximum Gasteiger partial charge on any atom is 0.319 e. The zero-order valence-electron chi connectivity index (χ0n) is 14.8. The number of furan rings is 1. The zero-order valence-corrected chi connectivity index (χ0v) is 14.8. The molecule has 0 saturated carbocycles. The molecule has 8 heteroatoms. The number of hydrogen-bond donors (Lipinski definition) is 2. The monoisotopic (exact) mass is 368 g/mol. The molecule has 0 fully saturated rings. The molecular formula is C19H20N4O4. The van der Waals surface area contributed by atoms with Gasteiger partial charge in [-0.3, -0.25) is 4.79 Å². The second kappa shape index (κ2) is 8.70. The smallest absolute Gasteiger partial charge is 0.319 e. The van der Waals surface area contributed by atoms with E-state index < -0.39 is 0 Å². The molecule has 2 aromatic heterocycles. The van der Waals surface area contributed by atoms with Crippen molar-refractivity contribution in [1.29, 1.82) is 0 Å². The Labute approximate surface area is 155 Å². The van der Waals surface area contributed by atoms with Crippen molar-refractivity contribution in [2.24, 2.45) is 0 Å². The van der Waals surface area contributed by atoms with Gasteiger partial charge in [0, 0.05) is 24.8 Å². The normalized spacial score (nSPS) is 10.4. The summed E-state index contributed by atoms with van der Waals surface area (Å²) in [4.78, 5) is 23.8. The van der Waals surface area contributed by atoms with Gasteiger partial charge in [0.1, 0.15) is 11.4 Å². The van der Waals surface area contributed by atoms with Gasteiger partial charge in [0.05, 0.1) is 13.4 Å². The Balaban J connectivity index is 1.47. The van der Waals surface area contributed by atoms with Crippen molar-refractivity contribution >= 4 is 11.7 Å². The predicted molar refractivity (Wildman–Crippen MR) is 101 cm³/mol. The number of amides is 2. The van der Waals surface area contributed by atoms with Crippen LogP contribution in [0.1, 0.15) is 6.42 Å². The van der Waals surface area contributed by atoms with Crippen LogP contribution in [0.25, 0.3) is 11.5 Å². The van der Waals surface area contributed by atoms with Crippen molar-refractivity contribution in [1.82, 2.24) is 15.1 Å². The molecule has 8 nitrogen and oxygen atoms in total. The maximum atomic E-state index is 11.9. The maximum absolute atomic E-state index is 11.9. The van der Waals surface area contributed by atoms with Gasteiger partial charge in [0.2, 0.25) is 0 Å². The molecule has 0 aliphatic heterocycles. The highest BCUT2D eigenvalue weighted by atomic mass is 16.5. The Morgan fingerprint density at radius 3 is 2.70 bits per heavy atom. The third-order valence-corrected chi connectivity index (χ3v) is 3.82. The van der Waals surface area contributed by atoms with E-state index in [1.807, 2.05) is 0 Å². The average molecular weight is 368 g/mol. The van der Waals surface area contributed by atoms with Gasteiger partial charge in [-0.15, -0.1) is 0 Å². The number of hydrogen-bond acceptors (Lipinski definition) is 5. The number of methoxy groups -OCH3 is 1. The Kier molecular flexibility index (Phi) is 5.88. The second-order valence-electron chi connectivity index (χ2n) is 5.72. The fraction of sp³-hybridized carbons (Fsp3) is 0.211. The summed E-state index contributed by atoms with van der Waals surface area (Å²) in [7, 11) is 1.58. The van der Waals surface area contributed by atoms with Crippen molar-refractivity contribution in [3.05, 3.63) is 65.1 Å².